The van der Waals surface area contributed by atoms with Crippen LogP contribution in [0.2, 0.25) is 0 Å². The lowest BCUT2D eigenvalue weighted by atomic mass is 10.1. The van der Waals surface area contributed by atoms with Gasteiger partial charge >= 0.3 is 0 Å². The number of benzene rings is 1. The first-order valence-corrected chi connectivity index (χ1v) is 9.11. The number of nitrogens with zero attached hydrogens (tertiary/aromatic N) is 1. The molecule has 0 amide bonds. The second-order valence-electron chi connectivity index (χ2n) is 6.74. The number of aliphatic hydroxyl groups is 1. The predicted octanol–water partition coefficient (Wildman–Crippen LogP) is 1.58. The normalized spacial score (nSPS) is 18.0. The van der Waals surface area contributed by atoms with Crippen LogP contribution in [0, 0.1) is 5.92 Å². The molecule has 6 heteroatoms. The van der Waals surface area contributed by atoms with Crippen LogP contribution >= 0.6 is 0 Å². The van der Waals surface area contributed by atoms with Crippen molar-refractivity contribution < 1.29 is 14.6 Å². The molecule has 140 valence electrons. The molecule has 1 aromatic rings. The Labute approximate surface area is 150 Å². The zero-order valence-electron chi connectivity index (χ0n) is 15.5. The van der Waals surface area contributed by atoms with Crippen LogP contribution in [0.4, 0.5) is 0 Å². The number of rotatable bonds is 9. The van der Waals surface area contributed by atoms with Gasteiger partial charge in [0.25, 0.3) is 0 Å². The number of hydrogen-bond acceptors (Lipinski definition) is 4. The van der Waals surface area contributed by atoms with Crippen LogP contribution in [0.5, 0.6) is 5.75 Å². The molecule has 0 aromatic heterocycles. The Kier molecular flexibility index (Phi) is 8.01. The van der Waals surface area contributed by atoms with E-state index in [9.17, 15) is 5.11 Å². The van der Waals surface area contributed by atoms with Crippen LogP contribution in [0.15, 0.2) is 29.3 Å². The van der Waals surface area contributed by atoms with E-state index in [1.807, 2.05) is 25.1 Å². The molecule has 2 unspecified atom stereocenters. The molecule has 1 aliphatic heterocycles. The fourth-order valence-electron chi connectivity index (χ4n) is 2.61. The molecule has 3 N–H and O–H groups in total. The van der Waals surface area contributed by atoms with Crippen molar-refractivity contribution in [3.05, 3.63) is 29.8 Å². The average Bonchev–Trinajstić information content (AvgIpc) is 3.00. The van der Waals surface area contributed by atoms with E-state index >= 15 is 0 Å². The highest BCUT2D eigenvalue weighted by molar-refractivity contribution is 5.79. The van der Waals surface area contributed by atoms with Gasteiger partial charge in [0.05, 0.1) is 25.8 Å². The molecule has 1 aromatic carbocycles. The summed E-state index contributed by atoms with van der Waals surface area (Å²) in [6, 6.07) is 8.12. The SMILES string of the molecule is CCNC(=NCC(O)COCC(C)C)NCC1Cc2ccccc2O1. The minimum atomic E-state index is -0.596. The van der Waals surface area contributed by atoms with Crippen LogP contribution in [0.3, 0.4) is 0 Å². The maximum atomic E-state index is 9.96. The van der Waals surface area contributed by atoms with Crippen LogP contribution in [-0.4, -0.2) is 56.1 Å². The summed E-state index contributed by atoms with van der Waals surface area (Å²) < 4.78 is 11.4. The van der Waals surface area contributed by atoms with Crippen molar-refractivity contribution in [2.75, 3.05) is 32.8 Å². The molecular formula is C19H31N3O3. The highest BCUT2D eigenvalue weighted by Gasteiger charge is 2.22. The van der Waals surface area contributed by atoms with Gasteiger partial charge in [-0.3, -0.25) is 4.99 Å². The molecule has 0 saturated heterocycles. The number of aliphatic hydroxyl groups excluding tert-OH is 1. The lowest BCUT2D eigenvalue weighted by Crippen LogP contribution is -2.42. The first-order valence-electron chi connectivity index (χ1n) is 9.11. The maximum Gasteiger partial charge on any atom is 0.191 e. The zero-order chi connectivity index (χ0) is 18.1. The third-order valence-corrected chi connectivity index (χ3v) is 3.78. The van der Waals surface area contributed by atoms with Crippen LogP contribution in [0.25, 0.3) is 0 Å². The molecule has 0 aliphatic carbocycles. The van der Waals surface area contributed by atoms with Gasteiger partial charge in [-0.1, -0.05) is 32.0 Å². The van der Waals surface area contributed by atoms with Gasteiger partial charge in [0, 0.05) is 19.6 Å². The largest absolute Gasteiger partial charge is 0.488 e. The molecule has 0 saturated carbocycles. The summed E-state index contributed by atoms with van der Waals surface area (Å²) in [7, 11) is 0. The van der Waals surface area contributed by atoms with Gasteiger partial charge in [0.15, 0.2) is 5.96 Å². The van der Waals surface area contributed by atoms with Crippen molar-refractivity contribution in [2.24, 2.45) is 10.9 Å². The number of ether oxygens (including phenoxy) is 2. The van der Waals surface area contributed by atoms with Crippen LogP contribution < -0.4 is 15.4 Å². The number of fused-ring (bicyclic) bond motifs is 1. The maximum absolute atomic E-state index is 9.96. The third-order valence-electron chi connectivity index (χ3n) is 3.78. The summed E-state index contributed by atoms with van der Waals surface area (Å²) in [4.78, 5) is 4.43. The van der Waals surface area contributed by atoms with E-state index < -0.39 is 6.10 Å². The molecule has 0 spiro atoms. The molecule has 1 aliphatic rings. The van der Waals surface area contributed by atoms with Gasteiger partial charge in [0.2, 0.25) is 0 Å². The Morgan fingerprint density at radius 1 is 1.32 bits per heavy atom. The first kappa shape index (κ1) is 19.5. The van der Waals surface area contributed by atoms with Crippen molar-refractivity contribution >= 4 is 5.96 Å². The van der Waals surface area contributed by atoms with E-state index in [0.29, 0.717) is 38.2 Å². The number of guanidine groups is 1. The first-order chi connectivity index (χ1) is 12.1. The molecule has 0 bridgehead atoms. The fraction of sp³-hybridized carbons (Fsp3) is 0.632. The zero-order valence-corrected chi connectivity index (χ0v) is 15.5. The van der Waals surface area contributed by atoms with E-state index in [0.717, 1.165) is 18.7 Å². The molecule has 2 rings (SSSR count). The van der Waals surface area contributed by atoms with Crippen LogP contribution in [-0.2, 0) is 11.2 Å². The van der Waals surface area contributed by atoms with E-state index in [2.05, 4.69) is 35.5 Å². The Balaban J connectivity index is 1.74. The molecule has 0 radical (unpaired) electrons. The molecule has 0 fully saturated rings. The van der Waals surface area contributed by atoms with Gasteiger partial charge in [-0.2, -0.15) is 0 Å². The van der Waals surface area contributed by atoms with Crippen LogP contribution in [0.1, 0.15) is 26.3 Å². The van der Waals surface area contributed by atoms with E-state index in [1.165, 1.54) is 5.56 Å². The summed E-state index contributed by atoms with van der Waals surface area (Å²) in [5.41, 5.74) is 1.24. The van der Waals surface area contributed by atoms with Gasteiger partial charge in [-0.05, 0) is 24.5 Å². The third kappa shape index (κ3) is 6.92. The summed E-state index contributed by atoms with van der Waals surface area (Å²) in [6.45, 7) is 8.88. The summed E-state index contributed by atoms with van der Waals surface area (Å²) in [5.74, 6) is 2.11. The fourth-order valence-corrected chi connectivity index (χ4v) is 2.61. The molecule has 2 atom stereocenters. The standard InChI is InChI=1S/C19H31N3O3/c1-4-20-19(21-10-16(23)13-24-12-14(2)3)22-11-17-9-15-7-5-6-8-18(15)25-17/h5-8,14,16-17,23H,4,9-13H2,1-3H3,(H2,20,21,22). The highest BCUT2D eigenvalue weighted by atomic mass is 16.5. The second-order valence-corrected chi connectivity index (χ2v) is 6.74. The minimum Gasteiger partial charge on any atom is -0.488 e. The summed E-state index contributed by atoms with van der Waals surface area (Å²) >= 11 is 0. The monoisotopic (exact) mass is 349 g/mol. The average molecular weight is 349 g/mol. The van der Waals surface area contributed by atoms with E-state index in [4.69, 9.17) is 9.47 Å². The predicted molar refractivity (Wildman–Crippen MR) is 100 cm³/mol. The van der Waals surface area contributed by atoms with Gasteiger partial charge < -0.3 is 25.2 Å². The quantitative estimate of drug-likeness (QED) is 0.466. The Hall–Kier alpha value is -1.79. The van der Waals surface area contributed by atoms with Crippen molar-refractivity contribution in [1.82, 2.24) is 10.6 Å². The van der Waals surface area contributed by atoms with E-state index in [1.54, 1.807) is 0 Å². The Bertz CT molecular complexity index is 523. The number of hydrogen-bond donors (Lipinski definition) is 3. The van der Waals surface area contributed by atoms with Gasteiger partial charge in [0.1, 0.15) is 11.9 Å². The Morgan fingerprint density at radius 3 is 2.84 bits per heavy atom. The molecule has 6 nitrogen and oxygen atoms in total. The number of para-hydroxylation sites is 1. The lowest BCUT2D eigenvalue weighted by Gasteiger charge is -2.16. The molecule has 1 heterocycles. The van der Waals surface area contributed by atoms with Crippen molar-refractivity contribution in [3.8, 4) is 5.75 Å². The second kappa shape index (κ2) is 10.3. The van der Waals surface area contributed by atoms with Crippen molar-refractivity contribution in [2.45, 2.75) is 39.4 Å². The number of nitrogens with one attached hydrogen (secondary N) is 2. The topological polar surface area (TPSA) is 75.1 Å². The molecular weight excluding hydrogens is 318 g/mol. The van der Waals surface area contributed by atoms with E-state index in [-0.39, 0.29) is 6.10 Å². The summed E-state index contributed by atoms with van der Waals surface area (Å²) in [5, 5.41) is 16.4. The minimum absolute atomic E-state index is 0.0977. The van der Waals surface area contributed by atoms with Gasteiger partial charge in [-0.25, -0.2) is 0 Å². The van der Waals surface area contributed by atoms with Gasteiger partial charge in [-0.15, -0.1) is 0 Å². The van der Waals surface area contributed by atoms with Crippen molar-refractivity contribution in [3.63, 3.8) is 0 Å². The summed E-state index contributed by atoms with van der Waals surface area (Å²) in [6.07, 6.45) is 0.399. The smallest absolute Gasteiger partial charge is 0.191 e. The number of aliphatic imine (C=N–C) groups is 1. The Morgan fingerprint density at radius 2 is 2.12 bits per heavy atom. The molecule has 25 heavy (non-hydrogen) atoms. The highest BCUT2D eigenvalue weighted by Crippen LogP contribution is 2.27. The lowest BCUT2D eigenvalue weighted by molar-refractivity contribution is 0.0301. The van der Waals surface area contributed by atoms with Crippen molar-refractivity contribution in [1.29, 1.82) is 0 Å².